The molecule has 0 saturated carbocycles. The van der Waals surface area contributed by atoms with Crippen LogP contribution in [0.2, 0.25) is 0 Å². The van der Waals surface area contributed by atoms with Gasteiger partial charge in [-0.15, -0.1) is 0 Å². The van der Waals surface area contributed by atoms with E-state index in [1.54, 1.807) is 6.07 Å². The fourth-order valence-corrected chi connectivity index (χ4v) is 2.23. The fraction of sp³-hybridized carbons (Fsp3) is 0.500. The molecular formula is C12H14N4O5. The van der Waals surface area contributed by atoms with Gasteiger partial charge >= 0.3 is 5.69 Å². The van der Waals surface area contributed by atoms with Crippen LogP contribution in [-0.2, 0) is 9.47 Å². The van der Waals surface area contributed by atoms with E-state index in [2.05, 4.69) is 20.3 Å². The maximum absolute atomic E-state index is 10.9. The molecule has 1 aliphatic heterocycles. The molecule has 1 aromatic carbocycles. The first-order chi connectivity index (χ1) is 9.96. The molecule has 0 radical (unpaired) electrons. The summed E-state index contributed by atoms with van der Waals surface area (Å²) in [6.07, 6.45) is -0.106. The number of fused-ring (bicyclic) bond motifs is 1. The molecule has 1 atom stereocenters. The lowest BCUT2D eigenvalue weighted by molar-refractivity contribution is -0.383. The average molecular weight is 294 g/mol. The Bertz CT molecular complexity index is 683. The highest BCUT2D eigenvalue weighted by Crippen LogP contribution is 2.29. The molecule has 2 heterocycles. The highest BCUT2D eigenvalue weighted by atomic mass is 16.7. The van der Waals surface area contributed by atoms with E-state index in [1.165, 1.54) is 6.07 Å². The molecule has 0 spiro atoms. The largest absolute Gasteiger partial charge is 0.380 e. The minimum absolute atomic E-state index is 0.106. The van der Waals surface area contributed by atoms with Gasteiger partial charge in [-0.3, -0.25) is 10.1 Å². The van der Waals surface area contributed by atoms with Crippen LogP contribution < -0.4 is 5.32 Å². The van der Waals surface area contributed by atoms with Crippen LogP contribution in [-0.4, -0.2) is 40.3 Å². The highest BCUT2D eigenvalue weighted by molar-refractivity contribution is 5.93. The number of hydrogen-bond acceptors (Lipinski definition) is 8. The SMILES string of the molecule is CC1(C)OCC(CNc2ccc([N+](=O)[O-])c3nonc23)O1. The van der Waals surface area contributed by atoms with Crippen molar-refractivity contribution in [1.82, 2.24) is 10.3 Å². The van der Waals surface area contributed by atoms with Crippen molar-refractivity contribution < 1.29 is 19.0 Å². The van der Waals surface area contributed by atoms with E-state index in [0.717, 1.165) is 0 Å². The first kappa shape index (κ1) is 13.7. The van der Waals surface area contributed by atoms with Crippen molar-refractivity contribution >= 4 is 22.4 Å². The average Bonchev–Trinajstić information content (AvgIpc) is 3.02. The van der Waals surface area contributed by atoms with Crippen LogP contribution in [0, 0.1) is 10.1 Å². The third kappa shape index (κ3) is 2.65. The summed E-state index contributed by atoms with van der Waals surface area (Å²) >= 11 is 0. The van der Waals surface area contributed by atoms with Gasteiger partial charge in [-0.2, -0.15) is 0 Å². The number of ether oxygens (including phenoxy) is 2. The molecular weight excluding hydrogens is 280 g/mol. The van der Waals surface area contributed by atoms with Crippen LogP contribution in [0.4, 0.5) is 11.4 Å². The molecule has 1 N–H and O–H groups in total. The molecule has 1 aliphatic rings. The van der Waals surface area contributed by atoms with Gasteiger partial charge in [0.05, 0.1) is 17.2 Å². The van der Waals surface area contributed by atoms with Crippen LogP contribution in [0.3, 0.4) is 0 Å². The molecule has 0 amide bonds. The van der Waals surface area contributed by atoms with Crippen LogP contribution in [0.25, 0.3) is 11.0 Å². The molecule has 0 bridgehead atoms. The topological polar surface area (TPSA) is 113 Å². The zero-order chi connectivity index (χ0) is 15.0. The Hall–Kier alpha value is -2.26. The quantitative estimate of drug-likeness (QED) is 0.669. The number of nitro groups is 1. The number of rotatable bonds is 4. The smallest absolute Gasteiger partial charge is 0.300 e. The number of aromatic nitrogens is 2. The monoisotopic (exact) mass is 294 g/mol. The van der Waals surface area contributed by atoms with Gasteiger partial charge in [0.1, 0.15) is 6.10 Å². The number of nitrogens with zero attached hydrogens (tertiary/aromatic N) is 3. The van der Waals surface area contributed by atoms with Gasteiger partial charge in [0.15, 0.2) is 11.3 Å². The minimum Gasteiger partial charge on any atom is -0.380 e. The number of benzene rings is 1. The summed E-state index contributed by atoms with van der Waals surface area (Å²) in [5.74, 6) is -0.591. The predicted molar refractivity (Wildman–Crippen MR) is 71.9 cm³/mol. The van der Waals surface area contributed by atoms with Gasteiger partial charge in [-0.25, -0.2) is 4.63 Å². The standard InChI is InChI=1S/C12H14N4O5/c1-12(2)19-6-7(20-12)5-13-8-3-4-9(16(17)18)11-10(8)14-21-15-11/h3-4,7,13H,5-6H2,1-2H3. The van der Waals surface area contributed by atoms with Crippen LogP contribution in [0.15, 0.2) is 16.8 Å². The molecule has 1 saturated heterocycles. The number of non-ortho nitro benzene ring substituents is 1. The Morgan fingerprint density at radius 3 is 2.86 bits per heavy atom. The van der Waals surface area contributed by atoms with Crippen LogP contribution >= 0.6 is 0 Å². The number of nitrogens with one attached hydrogen (secondary N) is 1. The molecule has 3 rings (SSSR count). The maximum Gasteiger partial charge on any atom is 0.300 e. The van der Waals surface area contributed by atoms with Gasteiger partial charge in [0, 0.05) is 12.6 Å². The second-order valence-corrected chi connectivity index (χ2v) is 5.18. The summed E-state index contributed by atoms with van der Waals surface area (Å²) < 4.78 is 15.7. The first-order valence-electron chi connectivity index (χ1n) is 6.41. The Morgan fingerprint density at radius 2 is 2.19 bits per heavy atom. The zero-order valence-electron chi connectivity index (χ0n) is 11.5. The van der Waals surface area contributed by atoms with E-state index in [4.69, 9.17) is 9.47 Å². The summed E-state index contributed by atoms with van der Waals surface area (Å²) in [6.45, 7) is 4.66. The lowest BCUT2D eigenvalue weighted by Crippen LogP contribution is -2.26. The summed E-state index contributed by atoms with van der Waals surface area (Å²) in [7, 11) is 0. The molecule has 9 heteroatoms. The van der Waals surface area contributed by atoms with Crippen molar-refractivity contribution in [1.29, 1.82) is 0 Å². The highest BCUT2D eigenvalue weighted by Gasteiger charge is 2.32. The second-order valence-electron chi connectivity index (χ2n) is 5.18. The van der Waals surface area contributed by atoms with E-state index in [9.17, 15) is 10.1 Å². The van der Waals surface area contributed by atoms with Crippen LogP contribution in [0.1, 0.15) is 13.8 Å². The Labute approximate surface area is 119 Å². The molecule has 1 fully saturated rings. The summed E-state index contributed by atoms with van der Waals surface area (Å²) in [5, 5.41) is 21.3. The summed E-state index contributed by atoms with van der Waals surface area (Å²) in [5.41, 5.74) is 0.903. The van der Waals surface area contributed by atoms with Crippen molar-refractivity contribution in [3.63, 3.8) is 0 Å². The van der Waals surface area contributed by atoms with E-state index in [-0.39, 0.29) is 17.3 Å². The van der Waals surface area contributed by atoms with Gasteiger partial charge < -0.3 is 14.8 Å². The molecule has 2 aromatic rings. The van der Waals surface area contributed by atoms with E-state index < -0.39 is 10.7 Å². The fourth-order valence-electron chi connectivity index (χ4n) is 2.23. The van der Waals surface area contributed by atoms with E-state index in [0.29, 0.717) is 24.4 Å². The van der Waals surface area contributed by atoms with Crippen molar-refractivity contribution in [2.24, 2.45) is 0 Å². The lowest BCUT2D eigenvalue weighted by Gasteiger charge is -2.17. The third-order valence-corrected chi connectivity index (χ3v) is 3.18. The Morgan fingerprint density at radius 1 is 1.43 bits per heavy atom. The van der Waals surface area contributed by atoms with E-state index in [1.807, 2.05) is 13.8 Å². The number of hydrogen-bond donors (Lipinski definition) is 1. The number of nitro benzene ring substituents is 1. The van der Waals surface area contributed by atoms with Crippen molar-refractivity contribution in [2.75, 3.05) is 18.5 Å². The summed E-state index contributed by atoms with van der Waals surface area (Å²) in [4.78, 5) is 10.4. The van der Waals surface area contributed by atoms with Gasteiger partial charge in [0.2, 0.25) is 5.52 Å². The van der Waals surface area contributed by atoms with Gasteiger partial charge in [-0.1, -0.05) is 0 Å². The van der Waals surface area contributed by atoms with Crippen molar-refractivity contribution in [3.05, 3.63) is 22.2 Å². The number of anilines is 1. The van der Waals surface area contributed by atoms with E-state index >= 15 is 0 Å². The van der Waals surface area contributed by atoms with Crippen molar-refractivity contribution in [3.8, 4) is 0 Å². The van der Waals surface area contributed by atoms with Gasteiger partial charge in [-0.05, 0) is 30.2 Å². The molecule has 1 unspecified atom stereocenters. The molecule has 0 aliphatic carbocycles. The van der Waals surface area contributed by atoms with Crippen molar-refractivity contribution in [2.45, 2.75) is 25.7 Å². The lowest BCUT2D eigenvalue weighted by atomic mass is 10.2. The predicted octanol–water partition coefficient (Wildman–Crippen LogP) is 1.69. The Kier molecular flexibility index (Phi) is 3.22. The Balaban J connectivity index is 1.78. The first-order valence-corrected chi connectivity index (χ1v) is 6.41. The normalized spacial score (nSPS) is 20.8. The second kappa shape index (κ2) is 4.93. The summed E-state index contributed by atoms with van der Waals surface area (Å²) in [6, 6.07) is 2.94. The maximum atomic E-state index is 10.9. The molecule has 9 nitrogen and oxygen atoms in total. The molecule has 112 valence electrons. The minimum atomic E-state index is -0.591. The van der Waals surface area contributed by atoms with Crippen LogP contribution in [0.5, 0.6) is 0 Å². The molecule has 21 heavy (non-hydrogen) atoms. The third-order valence-electron chi connectivity index (χ3n) is 3.18. The zero-order valence-corrected chi connectivity index (χ0v) is 11.5. The van der Waals surface area contributed by atoms with Gasteiger partial charge in [0.25, 0.3) is 0 Å². The molecule has 1 aromatic heterocycles.